The SMILES string of the molecule is COC(=O)N[C@H](C(=O)N1CCC[C@H]1C(=O)Nc1ccc([C@H]2CC[C@H](c3ccc(NC(=O)[C@@H]4CCCN4C(=O)[C@@H](NC(=O)OC)C(C)C)cc3)N2c2ccc(O)cc2)cc1)C(C)C. The van der Waals surface area contributed by atoms with Gasteiger partial charge in [0.1, 0.15) is 29.9 Å². The third kappa shape index (κ3) is 10.2. The molecule has 0 saturated carbocycles. The largest absolute Gasteiger partial charge is 0.508 e. The summed E-state index contributed by atoms with van der Waals surface area (Å²) in [6.45, 7) is 8.13. The van der Waals surface area contributed by atoms with Crippen LogP contribution in [-0.2, 0) is 28.7 Å². The van der Waals surface area contributed by atoms with E-state index >= 15 is 0 Å². The molecular weight excluding hydrogens is 795 g/mol. The molecule has 0 aliphatic carbocycles. The molecule has 3 aromatic carbocycles. The Morgan fingerprint density at radius 1 is 0.581 bits per heavy atom. The van der Waals surface area contributed by atoms with Gasteiger partial charge in [-0.05, 0) is 110 Å². The number of amides is 6. The van der Waals surface area contributed by atoms with E-state index in [0.29, 0.717) is 50.1 Å². The fraction of sp³-hybridized carbons (Fsp3) is 0.478. The summed E-state index contributed by atoms with van der Waals surface area (Å²) in [5.74, 6) is -1.49. The van der Waals surface area contributed by atoms with E-state index in [1.165, 1.54) is 14.2 Å². The van der Waals surface area contributed by atoms with Crippen molar-refractivity contribution in [3.05, 3.63) is 83.9 Å². The van der Waals surface area contributed by atoms with Crippen molar-refractivity contribution in [2.75, 3.05) is 42.8 Å². The van der Waals surface area contributed by atoms with Gasteiger partial charge in [0.15, 0.2) is 0 Å². The van der Waals surface area contributed by atoms with Crippen LogP contribution in [0.5, 0.6) is 5.75 Å². The second-order valence-corrected chi connectivity index (χ2v) is 16.8. The van der Waals surface area contributed by atoms with Crippen molar-refractivity contribution in [3.8, 4) is 5.75 Å². The second kappa shape index (κ2) is 20.0. The molecule has 16 heteroatoms. The smallest absolute Gasteiger partial charge is 0.407 e. The van der Waals surface area contributed by atoms with Crippen LogP contribution in [0.15, 0.2) is 72.8 Å². The molecule has 5 N–H and O–H groups in total. The number of benzene rings is 3. The molecule has 3 aliphatic heterocycles. The first-order valence-corrected chi connectivity index (χ1v) is 21.4. The average molecular weight is 854 g/mol. The molecule has 0 spiro atoms. The van der Waals surface area contributed by atoms with Gasteiger partial charge in [-0.1, -0.05) is 52.0 Å². The van der Waals surface area contributed by atoms with Crippen LogP contribution in [0.25, 0.3) is 0 Å². The summed E-state index contributed by atoms with van der Waals surface area (Å²) in [6.07, 6.45) is 2.58. The minimum absolute atomic E-state index is 0.0406. The van der Waals surface area contributed by atoms with Crippen molar-refractivity contribution < 1.29 is 43.3 Å². The van der Waals surface area contributed by atoms with E-state index in [9.17, 15) is 33.9 Å². The van der Waals surface area contributed by atoms with Gasteiger partial charge in [-0.25, -0.2) is 9.59 Å². The quantitative estimate of drug-likeness (QED) is 0.134. The molecule has 3 aliphatic rings. The monoisotopic (exact) mass is 853 g/mol. The summed E-state index contributed by atoms with van der Waals surface area (Å²) >= 11 is 0. The molecule has 3 saturated heterocycles. The third-order valence-electron chi connectivity index (χ3n) is 12.1. The highest BCUT2D eigenvalue weighted by atomic mass is 16.5. The fourth-order valence-corrected chi connectivity index (χ4v) is 8.84. The average Bonchev–Trinajstić information content (AvgIpc) is 4.06. The number of nitrogens with one attached hydrogen (secondary N) is 4. The van der Waals surface area contributed by atoms with E-state index in [1.807, 2.05) is 88.4 Å². The van der Waals surface area contributed by atoms with Crippen molar-refractivity contribution in [3.63, 3.8) is 0 Å². The van der Waals surface area contributed by atoms with Crippen LogP contribution in [0, 0.1) is 11.8 Å². The molecule has 0 bridgehead atoms. The van der Waals surface area contributed by atoms with Crippen molar-refractivity contribution in [1.82, 2.24) is 20.4 Å². The highest BCUT2D eigenvalue weighted by molar-refractivity contribution is 5.99. The Labute approximate surface area is 362 Å². The summed E-state index contributed by atoms with van der Waals surface area (Å²) in [6, 6.07) is 19.5. The lowest BCUT2D eigenvalue weighted by Crippen LogP contribution is -2.54. The zero-order chi connectivity index (χ0) is 44.7. The maximum Gasteiger partial charge on any atom is 0.407 e. The van der Waals surface area contributed by atoms with Gasteiger partial charge in [0.25, 0.3) is 0 Å². The molecule has 3 heterocycles. The summed E-state index contributed by atoms with van der Waals surface area (Å²) in [7, 11) is 2.48. The first-order chi connectivity index (χ1) is 29.7. The fourth-order valence-electron chi connectivity index (χ4n) is 8.84. The molecule has 62 heavy (non-hydrogen) atoms. The van der Waals surface area contributed by atoms with Gasteiger partial charge < -0.3 is 50.5 Å². The molecule has 0 aromatic heterocycles. The Balaban J connectivity index is 1.13. The van der Waals surface area contributed by atoms with Gasteiger partial charge in [-0.2, -0.15) is 0 Å². The number of alkyl carbamates (subject to hydrolysis) is 2. The first-order valence-electron chi connectivity index (χ1n) is 21.4. The number of carbonyl (C=O) groups excluding carboxylic acids is 6. The second-order valence-electron chi connectivity index (χ2n) is 16.8. The molecule has 0 radical (unpaired) electrons. The maximum atomic E-state index is 13.6. The third-order valence-corrected chi connectivity index (χ3v) is 12.1. The van der Waals surface area contributed by atoms with Gasteiger partial charge in [0.2, 0.25) is 23.6 Å². The number of methoxy groups -OCH3 is 2. The van der Waals surface area contributed by atoms with Gasteiger partial charge in [0.05, 0.1) is 26.3 Å². The minimum atomic E-state index is -0.824. The molecule has 6 rings (SSSR count). The molecular formula is C46H59N7O9. The first kappa shape index (κ1) is 45.2. The zero-order valence-corrected chi connectivity index (χ0v) is 36.3. The zero-order valence-electron chi connectivity index (χ0n) is 36.3. The normalized spacial score (nSPS) is 20.7. The number of aromatic hydroxyl groups is 1. The number of phenols is 1. The number of phenolic OH excluding ortho intramolecular Hbond substituents is 1. The minimum Gasteiger partial charge on any atom is -0.508 e. The van der Waals surface area contributed by atoms with Crippen molar-refractivity contribution >= 4 is 52.9 Å². The highest BCUT2D eigenvalue weighted by Crippen LogP contribution is 2.47. The van der Waals surface area contributed by atoms with Crippen molar-refractivity contribution in [2.24, 2.45) is 11.8 Å². The van der Waals surface area contributed by atoms with Crippen LogP contribution >= 0.6 is 0 Å². The number of carbonyl (C=O) groups is 6. The van der Waals surface area contributed by atoms with E-state index in [2.05, 4.69) is 26.2 Å². The maximum absolute atomic E-state index is 13.6. The van der Waals surface area contributed by atoms with Crippen LogP contribution in [0.2, 0.25) is 0 Å². The van der Waals surface area contributed by atoms with Crippen LogP contribution in [0.3, 0.4) is 0 Å². The Bertz CT molecular complexity index is 1950. The van der Waals surface area contributed by atoms with Crippen molar-refractivity contribution in [1.29, 1.82) is 0 Å². The molecule has 332 valence electrons. The lowest BCUT2D eigenvalue weighted by molar-refractivity contribution is -0.139. The van der Waals surface area contributed by atoms with E-state index in [-0.39, 0.29) is 53.3 Å². The number of hydrogen-bond donors (Lipinski definition) is 5. The number of anilines is 3. The Morgan fingerprint density at radius 3 is 1.32 bits per heavy atom. The molecule has 3 aromatic rings. The predicted molar refractivity (Wildman–Crippen MR) is 233 cm³/mol. The van der Waals surface area contributed by atoms with E-state index < -0.39 is 36.4 Å². The van der Waals surface area contributed by atoms with Crippen LogP contribution in [0.4, 0.5) is 26.7 Å². The van der Waals surface area contributed by atoms with E-state index in [1.54, 1.807) is 21.9 Å². The summed E-state index contributed by atoms with van der Waals surface area (Å²) in [4.78, 5) is 83.5. The Hall–Kier alpha value is -6.32. The number of rotatable bonds is 13. The molecule has 16 nitrogen and oxygen atoms in total. The van der Waals surface area contributed by atoms with Crippen LogP contribution < -0.4 is 26.2 Å². The number of hydrogen-bond acceptors (Lipinski definition) is 10. The van der Waals surface area contributed by atoms with Crippen LogP contribution in [0.1, 0.15) is 89.4 Å². The highest BCUT2D eigenvalue weighted by Gasteiger charge is 2.41. The summed E-state index contributed by atoms with van der Waals surface area (Å²) < 4.78 is 9.44. The van der Waals surface area contributed by atoms with Gasteiger partial charge in [0, 0.05) is 30.2 Å². The predicted octanol–water partition coefficient (Wildman–Crippen LogP) is 6.10. The lowest BCUT2D eigenvalue weighted by Gasteiger charge is -2.33. The van der Waals surface area contributed by atoms with E-state index in [0.717, 1.165) is 29.7 Å². The van der Waals surface area contributed by atoms with Gasteiger partial charge >= 0.3 is 12.2 Å². The van der Waals surface area contributed by atoms with Crippen LogP contribution in [-0.4, -0.2) is 102 Å². The number of nitrogens with zero attached hydrogens (tertiary/aromatic N) is 3. The Kier molecular flexibility index (Phi) is 14.6. The number of likely N-dealkylation sites (tertiary alicyclic amines) is 2. The molecule has 6 atom stereocenters. The topological polar surface area (TPSA) is 199 Å². The van der Waals surface area contributed by atoms with Gasteiger partial charge in [-0.3, -0.25) is 19.2 Å². The summed E-state index contributed by atoms with van der Waals surface area (Å²) in [5.41, 5.74) is 4.18. The molecule has 0 unspecified atom stereocenters. The van der Waals surface area contributed by atoms with E-state index in [4.69, 9.17) is 9.47 Å². The molecule has 3 fully saturated rings. The molecule has 6 amide bonds. The Morgan fingerprint density at radius 2 is 0.968 bits per heavy atom. The number of ether oxygens (including phenoxy) is 2. The summed E-state index contributed by atoms with van der Waals surface area (Å²) in [5, 5.41) is 21.4. The lowest BCUT2D eigenvalue weighted by atomic mass is 10.0. The van der Waals surface area contributed by atoms with Gasteiger partial charge in [-0.15, -0.1) is 0 Å². The standard InChI is InChI=1S/C46H59N7O9/c1-27(2)39(49-45(59)61-5)43(57)51-25-7-9-37(51)41(55)47-31-15-11-29(12-16-31)35-23-24-36(53(35)33-19-21-34(54)22-20-33)30-13-17-32(18-14-30)48-42(56)38-10-8-26-52(38)44(58)40(28(3)4)50-46(60)62-6/h11-22,27-28,35-40,54H,7-10,23-26H2,1-6H3,(H,47,55)(H,48,56)(H,49,59)(H,50,60)/t35-,36-,37+,38+,39+,40+/m1/s1. The van der Waals surface area contributed by atoms with Crippen molar-refractivity contribution in [2.45, 2.75) is 102 Å².